The Hall–Kier alpha value is -0.680. The largest absolute Gasteiger partial charge is 0.368 e. The lowest BCUT2D eigenvalue weighted by molar-refractivity contribution is -0.545. The quantitative estimate of drug-likeness (QED) is 0.549. The highest BCUT2D eigenvalue weighted by atomic mass is 16.6. The maximum absolute atomic E-state index is 10.7. The molecule has 0 aliphatic carbocycles. The number of aliphatic hydroxyl groups is 1. The van der Waals surface area contributed by atoms with Gasteiger partial charge >= 0.3 is 0 Å². The van der Waals surface area contributed by atoms with Gasteiger partial charge in [0, 0.05) is 17.3 Å². The lowest BCUT2D eigenvalue weighted by Crippen LogP contribution is -2.42. The van der Waals surface area contributed by atoms with Crippen LogP contribution in [-0.2, 0) is 4.74 Å². The van der Waals surface area contributed by atoms with Gasteiger partial charge in [0.05, 0.1) is 0 Å². The number of aliphatic hydroxyl groups excluding tert-OH is 1. The molecular formula is C9H17NO4. The SMILES string of the molecule is CC(C)CC1CC(O)OCC1[N+](=O)[O-]. The molecule has 5 nitrogen and oxygen atoms in total. The Morgan fingerprint density at radius 2 is 2.29 bits per heavy atom. The summed E-state index contributed by atoms with van der Waals surface area (Å²) in [5.74, 6) is 0.349. The van der Waals surface area contributed by atoms with Crippen molar-refractivity contribution in [2.75, 3.05) is 6.61 Å². The minimum Gasteiger partial charge on any atom is -0.368 e. The maximum Gasteiger partial charge on any atom is 0.239 e. The Morgan fingerprint density at radius 3 is 2.79 bits per heavy atom. The van der Waals surface area contributed by atoms with Gasteiger partial charge < -0.3 is 9.84 Å². The summed E-state index contributed by atoms with van der Waals surface area (Å²) in [7, 11) is 0. The van der Waals surface area contributed by atoms with Crippen LogP contribution in [0.5, 0.6) is 0 Å². The summed E-state index contributed by atoms with van der Waals surface area (Å²) < 4.78 is 4.88. The van der Waals surface area contributed by atoms with Crippen LogP contribution in [0.25, 0.3) is 0 Å². The van der Waals surface area contributed by atoms with Crippen molar-refractivity contribution in [1.82, 2.24) is 0 Å². The van der Waals surface area contributed by atoms with E-state index < -0.39 is 12.3 Å². The Labute approximate surface area is 83.2 Å². The van der Waals surface area contributed by atoms with E-state index in [9.17, 15) is 15.2 Å². The molecule has 1 saturated heterocycles. The lowest BCUT2D eigenvalue weighted by atomic mass is 9.86. The van der Waals surface area contributed by atoms with Crippen molar-refractivity contribution >= 4 is 0 Å². The van der Waals surface area contributed by atoms with E-state index >= 15 is 0 Å². The summed E-state index contributed by atoms with van der Waals surface area (Å²) in [5, 5.41) is 19.9. The van der Waals surface area contributed by atoms with Crippen LogP contribution in [0.4, 0.5) is 0 Å². The van der Waals surface area contributed by atoms with Crippen LogP contribution in [0.15, 0.2) is 0 Å². The zero-order valence-electron chi connectivity index (χ0n) is 8.55. The zero-order chi connectivity index (χ0) is 10.7. The molecule has 14 heavy (non-hydrogen) atoms. The fraction of sp³-hybridized carbons (Fsp3) is 1.00. The van der Waals surface area contributed by atoms with E-state index in [2.05, 4.69) is 0 Å². The van der Waals surface area contributed by atoms with Gasteiger partial charge in [-0.3, -0.25) is 10.1 Å². The van der Waals surface area contributed by atoms with Crippen molar-refractivity contribution in [3.05, 3.63) is 10.1 Å². The van der Waals surface area contributed by atoms with Crippen molar-refractivity contribution < 1.29 is 14.8 Å². The zero-order valence-corrected chi connectivity index (χ0v) is 8.55. The van der Waals surface area contributed by atoms with Crippen molar-refractivity contribution in [1.29, 1.82) is 0 Å². The van der Waals surface area contributed by atoms with Crippen LogP contribution in [-0.4, -0.2) is 29.0 Å². The molecule has 1 N–H and O–H groups in total. The predicted octanol–water partition coefficient (Wildman–Crippen LogP) is 1.03. The Kier molecular flexibility index (Phi) is 3.83. The summed E-state index contributed by atoms with van der Waals surface area (Å²) in [6, 6.07) is -0.652. The van der Waals surface area contributed by atoms with Gasteiger partial charge in [0.25, 0.3) is 0 Å². The molecule has 0 spiro atoms. The number of nitrogens with zero attached hydrogens (tertiary/aromatic N) is 1. The van der Waals surface area contributed by atoms with Gasteiger partial charge in [-0.05, 0) is 12.3 Å². The van der Waals surface area contributed by atoms with Crippen LogP contribution in [0, 0.1) is 22.0 Å². The standard InChI is InChI=1S/C9H17NO4/c1-6(2)3-7-4-9(11)14-5-8(7)10(12)13/h6-9,11H,3-5H2,1-2H3. The van der Waals surface area contributed by atoms with Gasteiger partial charge in [0.15, 0.2) is 6.29 Å². The molecule has 0 aromatic rings. The molecule has 1 aliphatic rings. The molecule has 3 unspecified atom stereocenters. The number of rotatable bonds is 3. The third-order valence-electron chi connectivity index (χ3n) is 2.55. The third kappa shape index (κ3) is 2.92. The van der Waals surface area contributed by atoms with Crippen LogP contribution >= 0.6 is 0 Å². The third-order valence-corrected chi connectivity index (χ3v) is 2.55. The van der Waals surface area contributed by atoms with Crippen molar-refractivity contribution in [2.45, 2.75) is 39.0 Å². The van der Waals surface area contributed by atoms with E-state index in [1.807, 2.05) is 13.8 Å². The molecule has 1 rings (SSSR count). The van der Waals surface area contributed by atoms with E-state index in [1.54, 1.807) is 0 Å². The molecule has 0 radical (unpaired) electrons. The summed E-state index contributed by atoms with van der Waals surface area (Å²) in [4.78, 5) is 10.4. The summed E-state index contributed by atoms with van der Waals surface area (Å²) in [6.45, 7) is 4.09. The second-order valence-electron chi connectivity index (χ2n) is 4.27. The molecule has 0 amide bonds. The average Bonchev–Trinajstić information content (AvgIpc) is 2.01. The fourth-order valence-corrected chi connectivity index (χ4v) is 1.92. The first-order valence-corrected chi connectivity index (χ1v) is 4.94. The highest BCUT2D eigenvalue weighted by molar-refractivity contribution is 4.76. The second kappa shape index (κ2) is 4.70. The topological polar surface area (TPSA) is 72.6 Å². The number of hydrogen-bond donors (Lipinski definition) is 1. The van der Waals surface area contributed by atoms with Gasteiger partial charge in [0.2, 0.25) is 6.04 Å². The summed E-state index contributed by atoms with van der Waals surface area (Å²) in [5.41, 5.74) is 0. The number of nitro groups is 1. The summed E-state index contributed by atoms with van der Waals surface area (Å²) >= 11 is 0. The smallest absolute Gasteiger partial charge is 0.239 e. The molecule has 0 aromatic heterocycles. The maximum atomic E-state index is 10.7. The van der Waals surface area contributed by atoms with Crippen molar-refractivity contribution in [2.24, 2.45) is 11.8 Å². The normalized spacial score (nSPS) is 33.3. The molecule has 0 saturated carbocycles. The van der Waals surface area contributed by atoms with E-state index in [-0.39, 0.29) is 17.4 Å². The van der Waals surface area contributed by atoms with E-state index in [1.165, 1.54) is 0 Å². The highest BCUT2D eigenvalue weighted by Gasteiger charge is 2.38. The van der Waals surface area contributed by atoms with Gasteiger partial charge in [-0.2, -0.15) is 0 Å². The van der Waals surface area contributed by atoms with Gasteiger partial charge in [0.1, 0.15) is 6.61 Å². The van der Waals surface area contributed by atoms with E-state index in [0.717, 1.165) is 6.42 Å². The Bertz CT molecular complexity index is 205. The van der Waals surface area contributed by atoms with Crippen molar-refractivity contribution in [3.8, 4) is 0 Å². The first-order valence-electron chi connectivity index (χ1n) is 4.94. The Morgan fingerprint density at radius 1 is 1.64 bits per heavy atom. The Balaban J connectivity index is 2.59. The van der Waals surface area contributed by atoms with Crippen molar-refractivity contribution in [3.63, 3.8) is 0 Å². The van der Waals surface area contributed by atoms with Crippen LogP contribution in [0.3, 0.4) is 0 Å². The van der Waals surface area contributed by atoms with E-state index in [0.29, 0.717) is 12.3 Å². The molecule has 1 heterocycles. The fourth-order valence-electron chi connectivity index (χ4n) is 1.92. The first kappa shape index (κ1) is 11.4. The highest BCUT2D eigenvalue weighted by Crippen LogP contribution is 2.27. The monoisotopic (exact) mass is 203 g/mol. The minimum absolute atomic E-state index is 0.0333. The minimum atomic E-state index is -0.824. The van der Waals surface area contributed by atoms with Crippen LogP contribution in [0.2, 0.25) is 0 Å². The van der Waals surface area contributed by atoms with E-state index in [4.69, 9.17) is 4.74 Å². The number of hydrogen-bond acceptors (Lipinski definition) is 4. The van der Waals surface area contributed by atoms with Crippen LogP contribution < -0.4 is 0 Å². The molecule has 3 atom stereocenters. The van der Waals surface area contributed by atoms with Gasteiger partial charge in [-0.15, -0.1) is 0 Å². The van der Waals surface area contributed by atoms with Gasteiger partial charge in [-0.25, -0.2) is 0 Å². The number of ether oxygens (including phenoxy) is 1. The average molecular weight is 203 g/mol. The molecule has 1 aliphatic heterocycles. The van der Waals surface area contributed by atoms with Crippen LogP contribution in [0.1, 0.15) is 26.7 Å². The van der Waals surface area contributed by atoms with Gasteiger partial charge in [-0.1, -0.05) is 13.8 Å². The molecule has 5 heteroatoms. The summed E-state index contributed by atoms with van der Waals surface area (Å²) in [6.07, 6.45) is 0.325. The molecular weight excluding hydrogens is 186 g/mol. The molecule has 1 fully saturated rings. The second-order valence-corrected chi connectivity index (χ2v) is 4.27. The molecule has 0 aromatic carbocycles. The lowest BCUT2D eigenvalue weighted by Gasteiger charge is -2.29. The first-order chi connectivity index (χ1) is 6.50. The molecule has 82 valence electrons. The molecule has 0 bridgehead atoms. The predicted molar refractivity (Wildman–Crippen MR) is 50.3 cm³/mol.